The number of rotatable bonds is 3. The topological polar surface area (TPSA) is 52.0 Å². The van der Waals surface area contributed by atoms with Gasteiger partial charge in [-0.3, -0.25) is 0 Å². The Kier molecular flexibility index (Phi) is 3.13. The first kappa shape index (κ1) is 13.3. The molecule has 2 aromatic rings. The van der Waals surface area contributed by atoms with E-state index in [4.69, 9.17) is 10.3 Å². The van der Waals surface area contributed by atoms with Crippen molar-refractivity contribution >= 4 is 0 Å². The molecule has 1 fully saturated rings. The van der Waals surface area contributed by atoms with Crippen LogP contribution in [-0.2, 0) is 6.42 Å². The van der Waals surface area contributed by atoms with Gasteiger partial charge < -0.3 is 10.3 Å². The van der Waals surface area contributed by atoms with Gasteiger partial charge in [0.05, 0.1) is 5.69 Å². The molecular weight excluding hydrogens is 255 g/mol. The van der Waals surface area contributed by atoms with E-state index >= 15 is 0 Å². The minimum atomic E-state index is -0.251. The van der Waals surface area contributed by atoms with Crippen molar-refractivity contribution < 1.29 is 8.91 Å². The van der Waals surface area contributed by atoms with Crippen molar-refractivity contribution in [2.24, 2.45) is 17.1 Å². The molecule has 3 rings (SSSR count). The summed E-state index contributed by atoms with van der Waals surface area (Å²) >= 11 is 0. The maximum Gasteiger partial charge on any atom is 0.167 e. The Labute approximate surface area is 118 Å². The molecule has 1 aliphatic carbocycles. The molecular formula is C16H19FN2O. The van der Waals surface area contributed by atoms with Gasteiger partial charge in [-0.1, -0.05) is 19.0 Å². The Morgan fingerprint density at radius 1 is 1.35 bits per heavy atom. The number of hydrogen-bond acceptors (Lipinski definition) is 3. The Morgan fingerprint density at radius 3 is 2.65 bits per heavy atom. The predicted molar refractivity (Wildman–Crippen MR) is 75.5 cm³/mol. The maximum atomic E-state index is 12.9. The van der Waals surface area contributed by atoms with Crippen LogP contribution in [0.1, 0.15) is 26.0 Å². The van der Waals surface area contributed by atoms with Crippen molar-refractivity contribution in [1.82, 2.24) is 5.16 Å². The number of halogens is 1. The number of aromatic nitrogens is 1. The highest BCUT2D eigenvalue weighted by molar-refractivity contribution is 5.57. The van der Waals surface area contributed by atoms with E-state index in [1.54, 1.807) is 12.1 Å². The smallest absolute Gasteiger partial charge is 0.167 e. The third-order valence-corrected chi connectivity index (χ3v) is 4.69. The second-order valence-corrected chi connectivity index (χ2v) is 6.25. The molecule has 0 aliphatic heterocycles. The van der Waals surface area contributed by atoms with Crippen LogP contribution in [0.4, 0.5) is 4.39 Å². The molecule has 4 heteroatoms. The lowest BCUT2D eigenvalue weighted by Gasteiger charge is -2.50. The predicted octanol–water partition coefficient (Wildman–Crippen LogP) is 3.40. The lowest BCUT2D eigenvalue weighted by atomic mass is 9.57. The largest absolute Gasteiger partial charge is 0.356 e. The standard InChI is InChI=1S/C16H19FN2O/c1-16(2)11(8-15(16)18)7-13-9-14(20-19-13)10-3-5-12(17)6-4-10/h3-6,9,11,15H,7-8,18H2,1-2H3/t11-,15+/m1/s1. The fourth-order valence-corrected chi connectivity index (χ4v) is 2.81. The van der Waals surface area contributed by atoms with Gasteiger partial charge in [0.1, 0.15) is 5.82 Å². The molecule has 0 amide bonds. The molecule has 0 unspecified atom stereocenters. The van der Waals surface area contributed by atoms with Crippen molar-refractivity contribution in [3.8, 4) is 11.3 Å². The van der Waals surface area contributed by atoms with Gasteiger partial charge in [0.2, 0.25) is 0 Å². The van der Waals surface area contributed by atoms with Gasteiger partial charge in [0, 0.05) is 17.7 Å². The lowest BCUT2D eigenvalue weighted by molar-refractivity contribution is 0.0370. The highest BCUT2D eigenvalue weighted by Crippen LogP contribution is 2.46. The molecule has 3 nitrogen and oxygen atoms in total. The first-order valence-corrected chi connectivity index (χ1v) is 6.94. The van der Waals surface area contributed by atoms with E-state index in [0.717, 1.165) is 24.1 Å². The lowest BCUT2D eigenvalue weighted by Crippen LogP contribution is -2.55. The van der Waals surface area contributed by atoms with Crippen molar-refractivity contribution in [3.63, 3.8) is 0 Å². The van der Waals surface area contributed by atoms with E-state index in [2.05, 4.69) is 19.0 Å². The third-order valence-electron chi connectivity index (χ3n) is 4.69. The Hall–Kier alpha value is -1.68. The van der Waals surface area contributed by atoms with Crippen LogP contribution in [0.25, 0.3) is 11.3 Å². The van der Waals surface area contributed by atoms with Crippen LogP contribution in [0.5, 0.6) is 0 Å². The SMILES string of the molecule is CC1(C)[C@H](Cc2cc(-c3ccc(F)cc3)on2)C[C@@H]1N. The monoisotopic (exact) mass is 274 g/mol. The molecule has 2 N–H and O–H groups in total. The van der Waals surface area contributed by atoms with Crippen LogP contribution >= 0.6 is 0 Å². The quantitative estimate of drug-likeness (QED) is 0.933. The third kappa shape index (κ3) is 2.24. The van der Waals surface area contributed by atoms with Gasteiger partial charge in [-0.05, 0) is 48.4 Å². The normalized spacial score (nSPS) is 24.4. The number of nitrogens with zero attached hydrogens (tertiary/aromatic N) is 1. The fraction of sp³-hybridized carbons (Fsp3) is 0.438. The molecule has 1 heterocycles. The van der Waals surface area contributed by atoms with Crippen LogP contribution in [-0.4, -0.2) is 11.2 Å². The Morgan fingerprint density at radius 2 is 2.05 bits per heavy atom. The fourth-order valence-electron chi connectivity index (χ4n) is 2.81. The van der Waals surface area contributed by atoms with E-state index in [-0.39, 0.29) is 17.3 Å². The molecule has 0 spiro atoms. The van der Waals surface area contributed by atoms with Gasteiger partial charge >= 0.3 is 0 Å². The minimum absolute atomic E-state index is 0.162. The molecule has 0 saturated heterocycles. The van der Waals surface area contributed by atoms with E-state index < -0.39 is 0 Å². The molecule has 0 bridgehead atoms. The van der Waals surface area contributed by atoms with Gasteiger partial charge in [0.25, 0.3) is 0 Å². The second-order valence-electron chi connectivity index (χ2n) is 6.25. The summed E-state index contributed by atoms with van der Waals surface area (Å²) in [5.74, 6) is 0.976. The molecule has 2 atom stereocenters. The van der Waals surface area contributed by atoms with E-state index in [9.17, 15) is 4.39 Å². The summed E-state index contributed by atoms with van der Waals surface area (Å²) in [6.45, 7) is 4.40. The summed E-state index contributed by atoms with van der Waals surface area (Å²) in [7, 11) is 0. The van der Waals surface area contributed by atoms with Crippen LogP contribution in [0.15, 0.2) is 34.9 Å². The van der Waals surface area contributed by atoms with Crippen molar-refractivity contribution in [2.45, 2.75) is 32.7 Å². The van der Waals surface area contributed by atoms with Crippen molar-refractivity contribution in [2.75, 3.05) is 0 Å². The van der Waals surface area contributed by atoms with E-state index in [1.165, 1.54) is 12.1 Å². The van der Waals surface area contributed by atoms with Gasteiger partial charge in [-0.15, -0.1) is 0 Å². The summed E-state index contributed by atoms with van der Waals surface area (Å²) in [6, 6.07) is 8.45. The van der Waals surface area contributed by atoms with E-state index in [1.807, 2.05) is 6.07 Å². The van der Waals surface area contributed by atoms with Gasteiger partial charge in [-0.2, -0.15) is 0 Å². The van der Waals surface area contributed by atoms with Crippen LogP contribution in [0, 0.1) is 17.2 Å². The highest BCUT2D eigenvalue weighted by atomic mass is 19.1. The Balaban J connectivity index is 1.73. The Bertz CT molecular complexity index is 603. The summed E-state index contributed by atoms with van der Waals surface area (Å²) < 4.78 is 18.2. The highest BCUT2D eigenvalue weighted by Gasteiger charge is 2.45. The number of hydrogen-bond donors (Lipinski definition) is 1. The molecule has 1 aromatic heterocycles. The number of nitrogens with two attached hydrogens (primary N) is 1. The molecule has 20 heavy (non-hydrogen) atoms. The van der Waals surface area contributed by atoms with Crippen molar-refractivity contribution in [3.05, 3.63) is 41.8 Å². The minimum Gasteiger partial charge on any atom is -0.356 e. The van der Waals surface area contributed by atoms with Crippen LogP contribution in [0.3, 0.4) is 0 Å². The zero-order valence-corrected chi connectivity index (χ0v) is 11.8. The zero-order chi connectivity index (χ0) is 14.3. The molecule has 106 valence electrons. The van der Waals surface area contributed by atoms with Gasteiger partial charge in [-0.25, -0.2) is 4.39 Å². The summed E-state index contributed by atoms with van der Waals surface area (Å²) in [4.78, 5) is 0. The summed E-state index contributed by atoms with van der Waals surface area (Å²) in [6.07, 6.45) is 1.91. The first-order valence-electron chi connectivity index (χ1n) is 6.94. The van der Waals surface area contributed by atoms with Crippen molar-refractivity contribution in [1.29, 1.82) is 0 Å². The van der Waals surface area contributed by atoms with Gasteiger partial charge in [0.15, 0.2) is 5.76 Å². The average molecular weight is 274 g/mol. The maximum absolute atomic E-state index is 12.9. The van der Waals surface area contributed by atoms with E-state index in [0.29, 0.717) is 11.7 Å². The zero-order valence-electron chi connectivity index (χ0n) is 11.8. The molecule has 1 aromatic carbocycles. The average Bonchev–Trinajstić information content (AvgIpc) is 2.88. The second kappa shape index (κ2) is 4.70. The molecule has 1 saturated carbocycles. The number of benzene rings is 1. The first-order chi connectivity index (χ1) is 9.46. The molecule has 0 radical (unpaired) electrons. The summed E-state index contributed by atoms with van der Waals surface area (Å²) in [5.41, 5.74) is 7.97. The molecule has 1 aliphatic rings. The van der Waals surface area contributed by atoms with Crippen LogP contribution in [0.2, 0.25) is 0 Å². The summed E-state index contributed by atoms with van der Waals surface area (Å²) in [5, 5.41) is 4.12. The van der Waals surface area contributed by atoms with Crippen LogP contribution < -0.4 is 5.73 Å².